The van der Waals surface area contributed by atoms with Crippen LogP contribution in [-0.2, 0) is 19.6 Å². The smallest absolute Gasteiger partial charge is 0.261 e. The maximum atomic E-state index is 12.5. The van der Waals surface area contributed by atoms with Crippen LogP contribution in [0.25, 0.3) is 0 Å². The predicted octanol–water partition coefficient (Wildman–Crippen LogP) is 1.90. The van der Waals surface area contributed by atoms with E-state index in [2.05, 4.69) is 4.72 Å². The second-order valence-corrected chi connectivity index (χ2v) is 8.97. The quantitative estimate of drug-likeness (QED) is 0.694. The van der Waals surface area contributed by atoms with Crippen LogP contribution in [0.4, 0.5) is 5.69 Å². The van der Waals surface area contributed by atoms with Crippen molar-refractivity contribution >= 4 is 27.5 Å². The van der Waals surface area contributed by atoms with Crippen molar-refractivity contribution in [3.05, 3.63) is 54.1 Å². The average Bonchev–Trinajstić information content (AvgIpc) is 2.74. The standard InChI is InChI=1S/C21H25N3O5S/c1-15-2-4-17(5-3-15)23-30(27,28)19-8-6-18(7-9-19)29-14-20(25)24-12-10-16(11-13-24)21(22)26/h2-9,16,23H,10-14H2,1H3,(H2,22,26). The van der Waals surface area contributed by atoms with Crippen molar-refractivity contribution in [3.63, 3.8) is 0 Å². The molecule has 1 heterocycles. The lowest BCUT2D eigenvalue weighted by Crippen LogP contribution is -2.43. The van der Waals surface area contributed by atoms with Crippen LogP contribution >= 0.6 is 0 Å². The van der Waals surface area contributed by atoms with Gasteiger partial charge in [-0.1, -0.05) is 17.7 Å². The summed E-state index contributed by atoms with van der Waals surface area (Å²) in [5, 5.41) is 0. The number of benzene rings is 2. The highest BCUT2D eigenvalue weighted by Gasteiger charge is 2.26. The third-order valence-corrected chi connectivity index (χ3v) is 6.45. The number of likely N-dealkylation sites (tertiary alicyclic amines) is 1. The van der Waals surface area contributed by atoms with Gasteiger partial charge in [0.05, 0.1) is 4.90 Å². The molecule has 2 amide bonds. The van der Waals surface area contributed by atoms with E-state index in [4.69, 9.17) is 10.5 Å². The monoisotopic (exact) mass is 431 g/mol. The molecule has 0 bridgehead atoms. The van der Waals surface area contributed by atoms with Crippen LogP contribution in [0.3, 0.4) is 0 Å². The summed E-state index contributed by atoms with van der Waals surface area (Å²) >= 11 is 0. The topological polar surface area (TPSA) is 119 Å². The number of anilines is 1. The highest BCUT2D eigenvalue weighted by molar-refractivity contribution is 7.92. The molecule has 0 aromatic heterocycles. The van der Waals surface area contributed by atoms with Gasteiger partial charge >= 0.3 is 0 Å². The molecule has 3 N–H and O–H groups in total. The highest BCUT2D eigenvalue weighted by Crippen LogP contribution is 2.20. The van der Waals surface area contributed by atoms with Gasteiger partial charge in [0.1, 0.15) is 5.75 Å². The average molecular weight is 432 g/mol. The Hall–Kier alpha value is -3.07. The normalized spacial score (nSPS) is 14.9. The lowest BCUT2D eigenvalue weighted by Gasteiger charge is -2.30. The number of nitrogens with one attached hydrogen (secondary N) is 1. The molecule has 0 unspecified atom stereocenters. The van der Waals surface area contributed by atoms with E-state index < -0.39 is 10.0 Å². The second kappa shape index (κ2) is 9.17. The van der Waals surface area contributed by atoms with Gasteiger partial charge in [0.25, 0.3) is 15.9 Å². The summed E-state index contributed by atoms with van der Waals surface area (Å²) in [7, 11) is -3.72. The van der Waals surface area contributed by atoms with Gasteiger partial charge in [0, 0.05) is 24.7 Å². The number of sulfonamides is 1. The number of hydrogen-bond acceptors (Lipinski definition) is 5. The predicted molar refractivity (Wildman–Crippen MR) is 112 cm³/mol. The van der Waals surface area contributed by atoms with Crippen molar-refractivity contribution in [2.24, 2.45) is 11.7 Å². The molecule has 30 heavy (non-hydrogen) atoms. The first-order chi connectivity index (χ1) is 14.2. The minimum Gasteiger partial charge on any atom is -0.484 e. The fourth-order valence-electron chi connectivity index (χ4n) is 3.20. The maximum Gasteiger partial charge on any atom is 0.261 e. The molecular weight excluding hydrogens is 406 g/mol. The SMILES string of the molecule is Cc1ccc(NS(=O)(=O)c2ccc(OCC(=O)N3CCC(C(N)=O)CC3)cc2)cc1. The molecule has 2 aromatic carbocycles. The summed E-state index contributed by atoms with van der Waals surface area (Å²) < 4.78 is 33.0. The fourth-order valence-corrected chi connectivity index (χ4v) is 4.26. The van der Waals surface area contributed by atoms with Crippen molar-refractivity contribution in [1.29, 1.82) is 0 Å². The number of piperidine rings is 1. The van der Waals surface area contributed by atoms with Gasteiger partial charge in [-0.3, -0.25) is 14.3 Å². The summed E-state index contributed by atoms with van der Waals surface area (Å²) in [6.45, 7) is 2.70. The number of nitrogens with zero attached hydrogens (tertiary/aromatic N) is 1. The van der Waals surface area contributed by atoms with Gasteiger partial charge < -0.3 is 15.4 Å². The summed E-state index contributed by atoms with van der Waals surface area (Å²) in [6.07, 6.45) is 1.11. The van der Waals surface area contributed by atoms with Crippen molar-refractivity contribution < 1.29 is 22.7 Å². The number of ether oxygens (including phenoxy) is 1. The zero-order valence-electron chi connectivity index (χ0n) is 16.7. The summed E-state index contributed by atoms with van der Waals surface area (Å²) in [5.41, 5.74) is 6.81. The molecular formula is C21H25N3O5S. The van der Waals surface area contributed by atoms with Crippen LogP contribution in [0.15, 0.2) is 53.4 Å². The molecule has 0 spiro atoms. The van der Waals surface area contributed by atoms with E-state index in [1.54, 1.807) is 17.0 Å². The van der Waals surface area contributed by atoms with E-state index in [0.717, 1.165) is 5.56 Å². The number of carbonyl (C=O) groups excluding carboxylic acids is 2. The van der Waals surface area contributed by atoms with E-state index in [1.807, 2.05) is 19.1 Å². The van der Waals surface area contributed by atoms with Crippen LogP contribution in [-0.4, -0.2) is 44.8 Å². The lowest BCUT2D eigenvalue weighted by molar-refractivity contribution is -0.136. The van der Waals surface area contributed by atoms with Crippen molar-refractivity contribution in [2.45, 2.75) is 24.7 Å². The van der Waals surface area contributed by atoms with Crippen LogP contribution in [0.5, 0.6) is 5.75 Å². The second-order valence-electron chi connectivity index (χ2n) is 7.29. The van der Waals surface area contributed by atoms with Crippen molar-refractivity contribution in [3.8, 4) is 5.75 Å². The van der Waals surface area contributed by atoms with Crippen LogP contribution < -0.4 is 15.2 Å². The van der Waals surface area contributed by atoms with Crippen molar-refractivity contribution in [2.75, 3.05) is 24.4 Å². The van der Waals surface area contributed by atoms with Gasteiger partial charge in [-0.2, -0.15) is 0 Å². The number of aryl methyl sites for hydroxylation is 1. The molecule has 0 aliphatic carbocycles. The van der Waals surface area contributed by atoms with Gasteiger partial charge in [0.2, 0.25) is 5.91 Å². The molecule has 0 radical (unpaired) electrons. The zero-order valence-corrected chi connectivity index (χ0v) is 17.5. The summed E-state index contributed by atoms with van der Waals surface area (Å²) in [5.74, 6) is -0.302. The van der Waals surface area contributed by atoms with E-state index in [9.17, 15) is 18.0 Å². The Morgan fingerprint density at radius 1 is 1.07 bits per heavy atom. The first kappa shape index (κ1) is 21.6. The van der Waals surface area contributed by atoms with Crippen molar-refractivity contribution in [1.82, 2.24) is 4.90 Å². The highest BCUT2D eigenvalue weighted by atomic mass is 32.2. The minimum atomic E-state index is -3.72. The molecule has 1 saturated heterocycles. The van der Waals surface area contributed by atoms with E-state index >= 15 is 0 Å². The number of amides is 2. The molecule has 2 aromatic rings. The summed E-state index contributed by atoms with van der Waals surface area (Å²) in [6, 6.07) is 12.9. The minimum absolute atomic E-state index is 0.0928. The van der Waals surface area contributed by atoms with Crippen LogP contribution in [0.2, 0.25) is 0 Å². The molecule has 1 aliphatic heterocycles. The Morgan fingerprint density at radius 3 is 2.23 bits per heavy atom. The summed E-state index contributed by atoms with van der Waals surface area (Å²) in [4.78, 5) is 25.2. The molecule has 0 saturated carbocycles. The molecule has 3 rings (SSSR count). The first-order valence-electron chi connectivity index (χ1n) is 9.64. The molecule has 160 valence electrons. The Labute approximate surface area is 176 Å². The Kier molecular flexibility index (Phi) is 6.61. The molecule has 0 atom stereocenters. The fraction of sp³-hybridized carbons (Fsp3) is 0.333. The number of primary amides is 1. The number of nitrogens with two attached hydrogens (primary N) is 1. The Balaban J connectivity index is 1.53. The van der Waals surface area contributed by atoms with Crippen LogP contribution in [0, 0.1) is 12.8 Å². The number of hydrogen-bond donors (Lipinski definition) is 2. The molecule has 9 heteroatoms. The van der Waals surface area contributed by atoms with Gasteiger partial charge in [-0.05, 0) is 56.2 Å². The Bertz CT molecular complexity index is 996. The van der Waals surface area contributed by atoms with E-state index in [-0.39, 0.29) is 29.2 Å². The number of carbonyl (C=O) groups is 2. The van der Waals surface area contributed by atoms with E-state index in [0.29, 0.717) is 37.4 Å². The van der Waals surface area contributed by atoms with E-state index in [1.165, 1.54) is 24.3 Å². The van der Waals surface area contributed by atoms with Crippen LogP contribution in [0.1, 0.15) is 18.4 Å². The lowest BCUT2D eigenvalue weighted by atomic mass is 9.96. The zero-order chi connectivity index (χ0) is 21.7. The third-order valence-electron chi connectivity index (χ3n) is 5.05. The molecule has 8 nitrogen and oxygen atoms in total. The number of rotatable bonds is 7. The van der Waals surface area contributed by atoms with Gasteiger partial charge in [0.15, 0.2) is 6.61 Å². The maximum absolute atomic E-state index is 12.5. The molecule has 1 aliphatic rings. The van der Waals surface area contributed by atoms with Gasteiger partial charge in [-0.15, -0.1) is 0 Å². The first-order valence-corrected chi connectivity index (χ1v) is 11.1. The molecule has 1 fully saturated rings. The van der Waals surface area contributed by atoms with Gasteiger partial charge in [-0.25, -0.2) is 8.42 Å². The largest absolute Gasteiger partial charge is 0.484 e. The Morgan fingerprint density at radius 2 is 1.67 bits per heavy atom. The third kappa shape index (κ3) is 5.50.